The van der Waals surface area contributed by atoms with Gasteiger partial charge in [-0.3, -0.25) is 9.48 Å². The number of hydrogen-bond acceptors (Lipinski definition) is 2. The third-order valence-corrected chi connectivity index (χ3v) is 5.67. The standard InChI is InChI=1S/C27H27N3O/c1-20-25(21(2)30(29-20)19-22-12-6-3-7-13-22)18-28-27(31)26(23-14-8-4-9-15-23)24-16-10-5-11-17-24/h3-17,26H,18-19H2,1-2H3,(H,28,31). The number of carbonyl (C=O) groups excluding carboxylic acids is 1. The summed E-state index contributed by atoms with van der Waals surface area (Å²) in [4.78, 5) is 13.3. The van der Waals surface area contributed by atoms with Crippen molar-refractivity contribution in [2.24, 2.45) is 0 Å². The van der Waals surface area contributed by atoms with Gasteiger partial charge in [0, 0.05) is 17.8 Å². The van der Waals surface area contributed by atoms with Gasteiger partial charge in [0.25, 0.3) is 0 Å². The van der Waals surface area contributed by atoms with Crippen LogP contribution >= 0.6 is 0 Å². The van der Waals surface area contributed by atoms with Crippen LogP contribution < -0.4 is 5.32 Å². The second kappa shape index (κ2) is 9.43. The second-order valence-electron chi connectivity index (χ2n) is 7.76. The van der Waals surface area contributed by atoms with Crippen molar-refractivity contribution in [1.82, 2.24) is 15.1 Å². The van der Waals surface area contributed by atoms with Crippen LogP contribution in [0.4, 0.5) is 0 Å². The van der Waals surface area contributed by atoms with Crippen molar-refractivity contribution in [3.63, 3.8) is 0 Å². The highest BCUT2D eigenvalue weighted by molar-refractivity contribution is 5.87. The SMILES string of the molecule is Cc1nn(Cc2ccccc2)c(C)c1CNC(=O)C(c1ccccc1)c1ccccc1. The van der Waals surface area contributed by atoms with Gasteiger partial charge in [0.15, 0.2) is 0 Å². The Kier molecular flexibility index (Phi) is 6.27. The molecular formula is C27H27N3O. The van der Waals surface area contributed by atoms with Crippen molar-refractivity contribution in [3.8, 4) is 0 Å². The molecule has 31 heavy (non-hydrogen) atoms. The Morgan fingerprint density at radius 2 is 1.35 bits per heavy atom. The Morgan fingerprint density at radius 3 is 1.90 bits per heavy atom. The molecule has 0 saturated heterocycles. The monoisotopic (exact) mass is 409 g/mol. The third-order valence-electron chi connectivity index (χ3n) is 5.67. The first kappa shape index (κ1) is 20.6. The molecule has 0 saturated carbocycles. The summed E-state index contributed by atoms with van der Waals surface area (Å²) in [5.74, 6) is -0.352. The van der Waals surface area contributed by atoms with E-state index in [0.29, 0.717) is 6.54 Å². The van der Waals surface area contributed by atoms with Gasteiger partial charge in [-0.1, -0.05) is 91.0 Å². The number of aryl methyl sites for hydroxylation is 1. The van der Waals surface area contributed by atoms with Gasteiger partial charge in [-0.25, -0.2) is 0 Å². The summed E-state index contributed by atoms with van der Waals surface area (Å²) < 4.78 is 2.01. The summed E-state index contributed by atoms with van der Waals surface area (Å²) in [6.07, 6.45) is 0. The number of nitrogens with one attached hydrogen (secondary N) is 1. The highest BCUT2D eigenvalue weighted by atomic mass is 16.1. The van der Waals surface area contributed by atoms with E-state index in [-0.39, 0.29) is 11.8 Å². The van der Waals surface area contributed by atoms with E-state index in [2.05, 4.69) is 24.4 Å². The van der Waals surface area contributed by atoms with Gasteiger partial charge < -0.3 is 5.32 Å². The van der Waals surface area contributed by atoms with E-state index in [1.807, 2.05) is 90.5 Å². The molecule has 1 heterocycles. The average Bonchev–Trinajstić information content (AvgIpc) is 3.07. The number of amides is 1. The largest absolute Gasteiger partial charge is 0.351 e. The maximum Gasteiger partial charge on any atom is 0.232 e. The lowest BCUT2D eigenvalue weighted by Gasteiger charge is -2.18. The molecule has 4 heteroatoms. The molecule has 0 aliphatic heterocycles. The molecule has 3 aromatic carbocycles. The molecule has 0 aliphatic rings. The van der Waals surface area contributed by atoms with E-state index in [1.54, 1.807) is 0 Å². The van der Waals surface area contributed by atoms with Gasteiger partial charge in [-0.15, -0.1) is 0 Å². The molecule has 4 aromatic rings. The summed E-state index contributed by atoms with van der Waals surface area (Å²) in [6.45, 7) is 5.25. The lowest BCUT2D eigenvalue weighted by molar-refractivity contribution is -0.121. The van der Waals surface area contributed by atoms with Crippen molar-refractivity contribution in [3.05, 3.63) is 125 Å². The van der Waals surface area contributed by atoms with E-state index in [0.717, 1.165) is 34.6 Å². The van der Waals surface area contributed by atoms with Crippen LogP contribution in [0.3, 0.4) is 0 Å². The molecule has 1 N–H and O–H groups in total. The Labute approximate surface area is 183 Å². The van der Waals surface area contributed by atoms with Crippen LogP contribution in [0.2, 0.25) is 0 Å². The summed E-state index contributed by atoms with van der Waals surface area (Å²) in [5.41, 5.74) is 6.28. The van der Waals surface area contributed by atoms with Crippen molar-refractivity contribution in [2.45, 2.75) is 32.9 Å². The van der Waals surface area contributed by atoms with Gasteiger partial charge in [0.1, 0.15) is 0 Å². The molecular weight excluding hydrogens is 382 g/mol. The lowest BCUT2D eigenvalue weighted by Crippen LogP contribution is -2.30. The minimum Gasteiger partial charge on any atom is -0.351 e. The van der Waals surface area contributed by atoms with E-state index in [9.17, 15) is 4.79 Å². The minimum atomic E-state index is -0.345. The molecule has 156 valence electrons. The smallest absolute Gasteiger partial charge is 0.232 e. The molecule has 0 fully saturated rings. The van der Waals surface area contributed by atoms with E-state index in [1.165, 1.54) is 5.56 Å². The summed E-state index contributed by atoms with van der Waals surface area (Å²) in [6, 6.07) is 30.1. The molecule has 1 amide bonds. The van der Waals surface area contributed by atoms with Gasteiger partial charge in [-0.05, 0) is 30.5 Å². The fraction of sp³-hybridized carbons (Fsp3) is 0.185. The summed E-state index contributed by atoms with van der Waals surface area (Å²) in [7, 11) is 0. The number of benzene rings is 3. The molecule has 0 radical (unpaired) electrons. The van der Waals surface area contributed by atoms with Crippen molar-refractivity contribution < 1.29 is 4.79 Å². The molecule has 0 spiro atoms. The van der Waals surface area contributed by atoms with Crippen LogP contribution in [0.15, 0.2) is 91.0 Å². The number of rotatable bonds is 7. The number of hydrogen-bond donors (Lipinski definition) is 1. The van der Waals surface area contributed by atoms with Gasteiger partial charge in [0.05, 0.1) is 18.2 Å². The van der Waals surface area contributed by atoms with Gasteiger partial charge in [-0.2, -0.15) is 5.10 Å². The normalized spacial score (nSPS) is 10.9. The minimum absolute atomic E-state index is 0.00740. The van der Waals surface area contributed by atoms with Crippen LogP contribution in [0.5, 0.6) is 0 Å². The molecule has 0 bridgehead atoms. The molecule has 4 rings (SSSR count). The van der Waals surface area contributed by atoms with Gasteiger partial charge in [0.2, 0.25) is 5.91 Å². The average molecular weight is 410 g/mol. The maximum atomic E-state index is 13.3. The molecule has 4 nitrogen and oxygen atoms in total. The van der Waals surface area contributed by atoms with Crippen LogP contribution in [0.25, 0.3) is 0 Å². The molecule has 1 aromatic heterocycles. The fourth-order valence-corrected chi connectivity index (χ4v) is 3.96. The zero-order valence-corrected chi connectivity index (χ0v) is 18.0. The fourth-order valence-electron chi connectivity index (χ4n) is 3.96. The maximum absolute atomic E-state index is 13.3. The predicted molar refractivity (Wildman–Crippen MR) is 124 cm³/mol. The van der Waals surface area contributed by atoms with E-state index >= 15 is 0 Å². The van der Waals surface area contributed by atoms with Crippen molar-refractivity contribution in [1.29, 1.82) is 0 Å². The van der Waals surface area contributed by atoms with Crippen LogP contribution in [0, 0.1) is 13.8 Å². The molecule has 0 unspecified atom stereocenters. The quantitative estimate of drug-likeness (QED) is 0.467. The first-order valence-corrected chi connectivity index (χ1v) is 10.6. The first-order chi connectivity index (χ1) is 15.1. The van der Waals surface area contributed by atoms with Gasteiger partial charge >= 0.3 is 0 Å². The lowest BCUT2D eigenvalue weighted by atomic mass is 9.90. The number of aromatic nitrogens is 2. The predicted octanol–water partition coefficient (Wildman–Crippen LogP) is 5.00. The zero-order valence-electron chi connectivity index (χ0n) is 18.0. The second-order valence-corrected chi connectivity index (χ2v) is 7.76. The van der Waals surface area contributed by atoms with Crippen LogP contribution in [-0.2, 0) is 17.9 Å². The van der Waals surface area contributed by atoms with Crippen LogP contribution in [0.1, 0.15) is 39.6 Å². The molecule has 0 aliphatic carbocycles. The van der Waals surface area contributed by atoms with Crippen LogP contribution in [-0.4, -0.2) is 15.7 Å². The van der Waals surface area contributed by atoms with Crippen molar-refractivity contribution in [2.75, 3.05) is 0 Å². The number of carbonyl (C=O) groups is 1. The third kappa shape index (κ3) is 4.75. The highest BCUT2D eigenvalue weighted by Crippen LogP contribution is 2.25. The highest BCUT2D eigenvalue weighted by Gasteiger charge is 2.23. The Bertz CT molecular complexity index is 1100. The van der Waals surface area contributed by atoms with E-state index in [4.69, 9.17) is 5.10 Å². The molecule has 0 atom stereocenters. The zero-order chi connectivity index (χ0) is 21.6. The topological polar surface area (TPSA) is 46.9 Å². The summed E-state index contributed by atoms with van der Waals surface area (Å²) in [5, 5.41) is 7.87. The Hall–Kier alpha value is -3.66. The Morgan fingerprint density at radius 1 is 0.839 bits per heavy atom. The van der Waals surface area contributed by atoms with Crippen molar-refractivity contribution >= 4 is 5.91 Å². The first-order valence-electron chi connectivity index (χ1n) is 10.6. The summed E-state index contributed by atoms with van der Waals surface area (Å²) >= 11 is 0. The Balaban J connectivity index is 1.53. The van der Waals surface area contributed by atoms with E-state index < -0.39 is 0 Å². The number of nitrogens with zero attached hydrogens (tertiary/aromatic N) is 2.